The molecule has 0 bridgehead atoms. The van der Waals surface area contributed by atoms with Gasteiger partial charge in [-0.05, 0) is 47.4 Å². The summed E-state index contributed by atoms with van der Waals surface area (Å²) < 4.78 is 1.25. The second kappa shape index (κ2) is 11.8. The largest absolute Gasteiger partial charge is 0.314 e. The Balaban J connectivity index is 2.15. The fourth-order valence-corrected chi connectivity index (χ4v) is 4.18. The fraction of sp³-hybridized carbons (Fsp3) is 0.765. The zero-order chi connectivity index (χ0) is 14.6. The standard InChI is InChI=1S/C17H30BrNS/c1-3-5-6-7-8-9-10-11-15(19-4-2)14-16-12-13-17(18)20-16/h12-13,15,19H,3-11,14H2,1-2H3. The zero-order valence-electron chi connectivity index (χ0n) is 13.1. The molecule has 0 aliphatic heterocycles. The summed E-state index contributed by atoms with van der Waals surface area (Å²) in [6, 6.07) is 5.07. The van der Waals surface area contributed by atoms with Crippen molar-refractivity contribution in [2.24, 2.45) is 0 Å². The lowest BCUT2D eigenvalue weighted by atomic mass is 10.0. The molecule has 1 nitrogen and oxygen atoms in total. The van der Waals surface area contributed by atoms with E-state index in [2.05, 4.69) is 47.2 Å². The van der Waals surface area contributed by atoms with Gasteiger partial charge in [-0.15, -0.1) is 11.3 Å². The highest BCUT2D eigenvalue weighted by Crippen LogP contribution is 2.24. The van der Waals surface area contributed by atoms with Crippen molar-refractivity contribution in [1.82, 2.24) is 5.32 Å². The van der Waals surface area contributed by atoms with Gasteiger partial charge in [0.15, 0.2) is 0 Å². The van der Waals surface area contributed by atoms with Crippen LogP contribution in [-0.2, 0) is 6.42 Å². The summed E-state index contributed by atoms with van der Waals surface area (Å²) in [5, 5.41) is 3.64. The van der Waals surface area contributed by atoms with Gasteiger partial charge >= 0.3 is 0 Å². The number of hydrogen-bond donors (Lipinski definition) is 1. The lowest BCUT2D eigenvalue weighted by molar-refractivity contribution is 0.461. The molecule has 0 aromatic carbocycles. The second-order valence-corrected chi connectivity index (χ2v) is 8.12. The predicted molar refractivity (Wildman–Crippen MR) is 95.8 cm³/mol. The van der Waals surface area contributed by atoms with Gasteiger partial charge in [0.05, 0.1) is 3.79 Å². The van der Waals surface area contributed by atoms with Crippen molar-refractivity contribution in [3.05, 3.63) is 20.8 Å². The first-order chi connectivity index (χ1) is 9.76. The van der Waals surface area contributed by atoms with Crippen molar-refractivity contribution >= 4 is 27.3 Å². The lowest BCUT2D eigenvalue weighted by Crippen LogP contribution is -2.30. The van der Waals surface area contributed by atoms with E-state index in [0.717, 1.165) is 6.54 Å². The smallest absolute Gasteiger partial charge is 0.0701 e. The van der Waals surface area contributed by atoms with Gasteiger partial charge in [0.2, 0.25) is 0 Å². The molecule has 1 aromatic rings. The molecular formula is C17H30BrNS. The van der Waals surface area contributed by atoms with E-state index >= 15 is 0 Å². The summed E-state index contributed by atoms with van der Waals surface area (Å²) in [5.74, 6) is 0. The Kier molecular flexibility index (Phi) is 10.7. The molecule has 0 spiro atoms. The van der Waals surface area contributed by atoms with Crippen LogP contribution in [0.5, 0.6) is 0 Å². The van der Waals surface area contributed by atoms with E-state index in [0.29, 0.717) is 6.04 Å². The molecule has 1 atom stereocenters. The Morgan fingerprint density at radius 1 is 1.05 bits per heavy atom. The molecule has 116 valence electrons. The summed E-state index contributed by atoms with van der Waals surface area (Å²) in [5.41, 5.74) is 0. The van der Waals surface area contributed by atoms with E-state index in [4.69, 9.17) is 0 Å². The number of hydrogen-bond acceptors (Lipinski definition) is 2. The average Bonchev–Trinajstić information content (AvgIpc) is 2.83. The van der Waals surface area contributed by atoms with Crippen LogP contribution in [0.3, 0.4) is 0 Å². The number of halogens is 1. The van der Waals surface area contributed by atoms with Crippen LogP contribution in [0.4, 0.5) is 0 Å². The minimum absolute atomic E-state index is 0.654. The predicted octanol–water partition coefficient (Wildman–Crippen LogP) is 6.17. The number of likely N-dealkylation sites (N-methyl/N-ethyl adjacent to an activating group) is 1. The topological polar surface area (TPSA) is 12.0 Å². The Morgan fingerprint density at radius 2 is 1.75 bits per heavy atom. The molecule has 1 heterocycles. The van der Waals surface area contributed by atoms with E-state index in [9.17, 15) is 0 Å². The van der Waals surface area contributed by atoms with Gasteiger partial charge < -0.3 is 5.32 Å². The second-order valence-electron chi connectivity index (χ2n) is 5.57. The number of unbranched alkanes of at least 4 members (excludes halogenated alkanes) is 6. The highest BCUT2D eigenvalue weighted by Gasteiger charge is 2.09. The minimum Gasteiger partial charge on any atom is -0.314 e. The van der Waals surface area contributed by atoms with Gasteiger partial charge in [-0.2, -0.15) is 0 Å². The molecule has 0 aliphatic carbocycles. The number of rotatable bonds is 12. The van der Waals surface area contributed by atoms with Crippen LogP contribution in [0, 0.1) is 0 Å². The van der Waals surface area contributed by atoms with Crippen molar-refractivity contribution in [3.8, 4) is 0 Å². The summed E-state index contributed by atoms with van der Waals surface area (Å²) in [4.78, 5) is 1.49. The maximum Gasteiger partial charge on any atom is 0.0701 e. The summed E-state index contributed by atoms with van der Waals surface area (Å²) in [7, 11) is 0. The molecule has 20 heavy (non-hydrogen) atoms. The third kappa shape index (κ3) is 8.43. The average molecular weight is 360 g/mol. The van der Waals surface area contributed by atoms with E-state index in [-0.39, 0.29) is 0 Å². The molecule has 3 heteroatoms. The first kappa shape index (κ1) is 18.2. The number of thiophene rings is 1. The van der Waals surface area contributed by atoms with Gasteiger partial charge in [0.1, 0.15) is 0 Å². The van der Waals surface area contributed by atoms with Crippen LogP contribution >= 0.6 is 27.3 Å². The minimum atomic E-state index is 0.654. The molecule has 0 saturated heterocycles. The zero-order valence-corrected chi connectivity index (χ0v) is 15.5. The van der Waals surface area contributed by atoms with Crippen LogP contribution in [0.1, 0.15) is 70.1 Å². The van der Waals surface area contributed by atoms with E-state index < -0.39 is 0 Å². The van der Waals surface area contributed by atoms with Crippen LogP contribution in [0.25, 0.3) is 0 Å². The van der Waals surface area contributed by atoms with Crippen molar-refractivity contribution in [2.75, 3.05) is 6.54 Å². The van der Waals surface area contributed by atoms with Crippen LogP contribution in [0.15, 0.2) is 15.9 Å². The highest BCUT2D eigenvalue weighted by molar-refractivity contribution is 9.11. The van der Waals surface area contributed by atoms with Gasteiger partial charge in [-0.25, -0.2) is 0 Å². The Hall–Kier alpha value is 0.140. The molecular weight excluding hydrogens is 330 g/mol. The quantitative estimate of drug-likeness (QED) is 0.439. The maximum absolute atomic E-state index is 3.64. The molecule has 1 N–H and O–H groups in total. The van der Waals surface area contributed by atoms with Gasteiger partial charge in [0.25, 0.3) is 0 Å². The summed E-state index contributed by atoms with van der Waals surface area (Å²) in [6.45, 7) is 5.57. The van der Waals surface area contributed by atoms with Gasteiger partial charge in [0, 0.05) is 10.9 Å². The SMILES string of the molecule is CCCCCCCCCC(Cc1ccc(Br)s1)NCC. The first-order valence-electron chi connectivity index (χ1n) is 8.23. The molecule has 1 rings (SSSR count). The molecule has 1 unspecified atom stereocenters. The fourth-order valence-electron chi connectivity index (χ4n) is 2.62. The normalized spacial score (nSPS) is 12.8. The summed E-state index contributed by atoms with van der Waals surface area (Å²) >= 11 is 5.42. The molecule has 0 fully saturated rings. The molecule has 0 saturated carbocycles. The monoisotopic (exact) mass is 359 g/mol. The van der Waals surface area contributed by atoms with Crippen molar-refractivity contribution in [1.29, 1.82) is 0 Å². The van der Waals surface area contributed by atoms with Crippen molar-refractivity contribution in [2.45, 2.75) is 77.7 Å². The van der Waals surface area contributed by atoms with Crippen LogP contribution < -0.4 is 5.32 Å². The Labute approximate surface area is 137 Å². The van der Waals surface area contributed by atoms with Gasteiger partial charge in [-0.1, -0.05) is 58.8 Å². The Morgan fingerprint density at radius 3 is 2.35 bits per heavy atom. The lowest BCUT2D eigenvalue weighted by Gasteiger charge is -2.17. The Bertz CT molecular complexity index is 337. The van der Waals surface area contributed by atoms with E-state index in [1.807, 2.05) is 11.3 Å². The van der Waals surface area contributed by atoms with E-state index in [1.165, 1.54) is 66.5 Å². The third-order valence-electron chi connectivity index (χ3n) is 3.73. The van der Waals surface area contributed by atoms with E-state index in [1.54, 1.807) is 0 Å². The maximum atomic E-state index is 3.64. The molecule has 1 aromatic heterocycles. The molecule has 0 radical (unpaired) electrons. The first-order valence-corrected chi connectivity index (χ1v) is 9.84. The van der Waals surface area contributed by atoms with Crippen molar-refractivity contribution < 1.29 is 0 Å². The van der Waals surface area contributed by atoms with Gasteiger partial charge in [-0.3, -0.25) is 0 Å². The van der Waals surface area contributed by atoms with Crippen LogP contribution in [-0.4, -0.2) is 12.6 Å². The number of nitrogens with one attached hydrogen (secondary N) is 1. The van der Waals surface area contributed by atoms with Crippen LogP contribution in [0.2, 0.25) is 0 Å². The highest BCUT2D eigenvalue weighted by atomic mass is 79.9. The third-order valence-corrected chi connectivity index (χ3v) is 5.37. The molecule has 0 amide bonds. The molecule has 0 aliphatic rings. The van der Waals surface area contributed by atoms with Crippen molar-refractivity contribution in [3.63, 3.8) is 0 Å². The summed E-state index contributed by atoms with van der Waals surface area (Å²) in [6.07, 6.45) is 12.3.